The molecule has 2 amide bonds. The van der Waals surface area contributed by atoms with E-state index in [9.17, 15) is 4.79 Å². The molecule has 0 radical (unpaired) electrons. The quantitative estimate of drug-likeness (QED) is 0.724. The van der Waals surface area contributed by atoms with Gasteiger partial charge in [-0.3, -0.25) is 5.32 Å². The first kappa shape index (κ1) is 15.0. The van der Waals surface area contributed by atoms with Gasteiger partial charge in [0.2, 0.25) is 0 Å². The molecule has 2 unspecified atom stereocenters. The molecule has 0 bridgehead atoms. The summed E-state index contributed by atoms with van der Waals surface area (Å²) in [5.74, 6) is 1.17. The maximum absolute atomic E-state index is 12.1. The largest absolute Gasteiger partial charge is 0.324 e. The number of fused-ring (bicyclic) bond motifs is 1. The Labute approximate surface area is 137 Å². The number of carbonyl (C=O) groups excluding carboxylic acids is 1. The van der Waals surface area contributed by atoms with Crippen molar-refractivity contribution in [2.45, 2.75) is 30.9 Å². The molecule has 1 heterocycles. The van der Waals surface area contributed by atoms with Gasteiger partial charge in [0.15, 0.2) is 0 Å². The number of hydrogen-bond donors (Lipinski definition) is 2. The van der Waals surface area contributed by atoms with Gasteiger partial charge in [-0.25, -0.2) is 9.19 Å². The second-order valence-electron chi connectivity index (χ2n) is 5.22. The molecule has 1 aromatic rings. The molecular formula is C14H15Cl2N3OS. The molecule has 0 spiro atoms. The highest BCUT2D eigenvalue weighted by Crippen LogP contribution is 2.39. The van der Waals surface area contributed by atoms with E-state index in [0.717, 1.165) is 12.3 Å². The van der Waals surface area contributed by atoms with Crippen molar-refractivity contribution in [2.75, 3.05) is 5.32 Å². The molecule has 2 N–H and O–H groups in total. The van der Waals surface area contributed by atoms with E-state index in [0.29, 0.717) is 26.9 Å². The van der Waals surface area contributed by atoms with Gasteiger partial charge in [0.1, 0.15) is 5.84 Å². The average Bonchev–Trinajstić information content (AvgIpc) is 2.86. The molecule has 0 saturated heterocycles. The molecule has 4 nitrogen and oxygen atoms in total. The van der Waals surface area contributed by atoms with Crippen LogP contribution in [0.4, 0.5) is 10.5 Å². The van der Waals surface area contributed by atoms with E-state index in [4.69, 9.17) is 23.2 Å². The molecule has 1 saturated carbocycles. The lowest BCUT2D eigenvalue weighted by Gasteiger charge is -2.24. The zero-order valence-electron chi connectivity index (χ0n) is 11.2. The lowest BCUT2D eigenvalue weighted by molar-refractivity contribution is 0.255. The smallest absolute Gasteiger partial charge is 0.308 e. The lowest BCUT2D eigenvalue weighted by Crippen LogP contribution is -2.40. The fourth-order valence-electron chi connectivity index (χ4n) is 2.70. The molecule has 0 aromatic heterocycles. The van der Waals surface area contributed by atoms with E-state index in [1.807, 2.05) is 0 Å². The number of halogens is 2. The van der Waals surface area contributed by atoms with Gasteiger partial charge < -0.3 is 5.32 Å². The topological polar surface area (TPSA) is 53.5 Å². The summed E-state index contributed by atoms with van der Waals surface area (Å²) in [4.78, 5) is 12.1. The summed E-state index contributed by atoms with van der Waals surface area (Å²) in [6.07, 6.45) is 4.74. The molecule has 21 heavy (non-hydrogen) atoms. The van der Waals surface area contributed by atoms with Gasteiger partial charge in [0.25, 0.3) is 0 Å². The molecule has 2 aliphatic rings. The zero-order valence-corrected chi connectivity index (χ0v) is 13.6. The highest BCUT2D eigenvalue weighted by Gasteiger charge is 2.35. The molecule has 1 aromatic carbocycles. The number of benzene rings is 1. The van der Waals surface area contributed by atoms with Crippen LogP contribution in [0.3, 0.4) is 0 Å². The minimum atomic E-state index is -0.293. The second-order valence-corrected chi connectivity index (χ2v) is 7.03. The molecule has 7 heteroatoms. The minimum Gasteiger partial charge on any atom is -0.308 e. The van der Waals surface area contributed by atoms with Crippen molar-refractivity contribution in [1.29, 1.82) is 0 Å². The molecule has 3 rings (SSSR count). The third-order valence-electron chi connectivity index (χ3n) is 3.76. The average molecular weight is 344 g/mol. The van der Waals surface area contributed by atoms with E-state index in [1.165, 1.54) is 19.3 Å². The lowest BCUT2D eigenvalue weighted by atomic mass is 9.88. The monoisotopic (exact) mass is 343 g/mol. The highest BCUT2D eigenvalue weighted by molar-refractivity contribution is 7.99. The van der Waals surface area contributed by atoms with Gasteiger partial charge in [0.05, 0.1) is 10.0 Å². The fraction of sp³-hybridized carbons (Fsp3) is 0.429. The Balaban J connectivity index is 1.60. The number of nitrogens with one attached hydrogen (secondary N) is 2. The first-order chi connectivity index (χ1) is 10.1. The number of hydrogen-bond acceptors (Lipinski definition) is 3. The van der Waals surface area contributed by atoms with E-state index >= 15 is 0 Å². The summed E-state index contributed by atoms with van der Waals surface area (Å²) in [6.45, 7) is 0. The number of rotatable bonds is 1. The van der Waals surface area contributed by atoms with Crippen molar-refractivity contribution in [3.8, 4) is 0 Å². The number of amidine groups is 1. The Morgan fingerprint density at radius 1 is 1.19 bits per heavy atom. The minimum absolute atomic E-state index is 0.293. The molecular weight excluding hydrogens is 329 g/mol. The van der Waals surface area contributed by atoms with Crippen molar-refractivity contribution >= 4 is 52.7 Å². The molecule has 112 valence electrons. The van der Waals surface area contributed by atoms with Crippen molar-refractivity contribution < 1.29 is 4.79 Å². The van der Waals surface area contributed by atoms with Crippen LogP contribution in [-0.2, 0) is 0 Å². The van der Waals surface area contributed by atoms with Crippen LogP contribution in [0.5, 0.6) is 0 Å². The Bertz CT molecular complexity index is 594. The van der Waals surface area contributed by atoms with E-state index in [2.05, 4.69) is 15.0 Å². The summed E-state index contributed by atoms with van der Waals surface area (Å²) in [6, 6.07) is 4.69. The number of carbonyl (C=O) groups is 1. The Hall–Kier alpha value is -0.910. The zero-order chi connectivity index (χ0) is 14.8. The van der Waals surface area contributed by atoms with Crippen LogP contribution in [-0.4, -0.2) is 17.1 Å². The van der Waals surface area contributed by atoms with Gasteiger partial charge in [0, 0.05) is 16.9 Å². The Morgan fingerprint density at radius 2 is 2.00 bits per heavy atom. The van der Waals surface area contributed by atoms with Crippen LogP contribution in [0.25, 0.3) is 0 Å². The van der Waals surface area contributed by atoms with Crippen LogP contribution in [0.1, 0.15) is 25.7 Å². The SMILES string of the molecule is O=C(NC1=NSC2CCCCC12)Nc1ccc(Cl)c(Cl)c1. The number of nitrogens with zero attached hydrogens (tertiary/aromatic N) is 1. The second kappa shape index (κ2) is 6.46. The summed E-state index contributed by atoms with van der Waals surface area (Å²) >= 11 is 13.4. The van der Waals surface area contributed by atoms with E-state index in [-0.39, 0.29) is 6.03 Å². The highest BCUT2D eigenvalue weighted by atomic mass is 35.5. The molecule has 2 atom stereocenters. The summed E-state index contributed by atoms with van der Waals surface area (Å²) in [7, 11) is 0. The predicted octanol–water partition coefficient (Wildman–Crippen LogP) is 4.73. The standard InChI is InChI=1S/C14H15Cl2N3OS/c15-10-6-5-8(7-11(10)16)17-14(20)18-13-9-3-1-2-4-12(9)21-19-13/h5-7,9,12H,1-4H2,(H2,17,18,19,20). The van der Waals surface area contributed by atoms with Gasteiger partial charge in [-0.1, -0.05) is 36.0 Å². The fourth-order valence-corrected chi connectivity index (χ4v) is 4.11. The molecule has 1 fully saturated rings. The normalized spacial score (nSPS) is 24.2. The van der Waals surface area contributed by atoms with Crippen molar-refractivity contribution in [1.82, 2.24) is 5.32 Å². The van der Waals surface area contributed by atoms with Gasteiger partial charge >= 0.3 is 6.03 Å². The predicted molar refractivity (Wildman–Crippen MR) is 89.4 cm³/mol. The van der Waals surface area contributed by atoms with Crippen molar-refractivity contribution in [3.63, 3.8) is 0 Å². The third-order valence-corrected chi connectivity index (χ3v) is 5.64. The van der Waals surface area contributed by atoms with Gasteiger partial charge in [-0.15, -0.1) is 0 Å². The van der Waals surface area contributed by atoms with Gasteiger partial charge in [-0.2, -0.15) is 0 Å². The van der Waals surface area contributed by atoms with E-state index in [1.54, 1.807) is 30.1 Å². The number of amides is 2. The van der Waals surface area contributed by atoms with Gasteiger partial charge in [-0.05, 0) is 43.0 Å². The number of anilines is 1. The summed E-state index contributed by atoms with van der Waals surface area (Å²) in [5.41, 5.74) is 0.605. The third kappa shape index (κ3) is 3.47. The van der Waals surface area contributed by atoms with Crippen LogP contribution < -0.4 is 10.6 Å². The number of urea groups is 1. The first-order valence-corrected chi connectivity index (χ1v) is 8.49. The van der Waals surface area contributed by atoms with Crippen LogP contribution in [0.2, 0.25) is 10.0 Å². The Morgan fingerprint density at radius 3 is 2.81 bits per heavy atom. The summed E-state index contributed by atoms with van der Waals surface area (Å²) < 4.78 is 4.41. The maximum Gasteiger partial charge on any atom is 0.324 e. The van der Waals surface area contributed by atoms with E-state index < -0.39 is 0 Å². The molecule has 1 aliphatic carbocycles. The first-order valence-electron chi connectivity index (χ1n) is 6.90. The van der Waals surface area contributed by atoms with Crippen molar-refractivity contribution in [3.05, 3.63) is 28.2 Å². The van der Waals surface area contributed by atoms with Crippen molar-refractivity contribution in [2.24, 2.45) is 10.3 Å². The molecule has 1 aliphatic heterocycles. The maximum atomic E-state index is 12.1. The van der Waals surface area contributed by atoms with Crippen LogP contribution >= 0.6 is 35.1 Å². The van der Waals surface area contributed by atoms with Crippen LogP contribution in [0.15, 0.2) is 22.6 Å². The van der Waals surface area contributed by atoms with Crippen LogP contribution in [0, 0.1) is 5.92 Å². The summed E-state index contributed by atoms with van der Waals surface area (Å²) in [5, 5.41) is 7.01. The Kier molecular flexibility index (Phi) is 4.62.